The molecule has 25 heavy (non-hydrogen) atoms. The first-order valence-electron chi connectivity index (χ1n) is 9.67. The molecule has 2 aliphatic carbocycles. The van der Waals surface area contributed by atoms with Crippen molar-refractivity contribution in [3.05, 3.63) is 29.3 Å². The van der Waals surface area contributed by atoms with Crippen molar-refractivity contribution in [2.45, 2.75) is 63.0 Å². The van der Waals surface area contributed by atoms with Crippen LogP contribution in [0.25, 0.3) is 0 Å². The fourth-order valence-electron chi connectivity index (χ4n) is 5.71. The van der Waals surface area contributed by atoms with Gasteiger partial charge < -0.3 is 9.84 Å². The van der Waals surface area contributed by atoms with E-state index in [-0.39, 0.29) is 23.4 Å². The summed E-state index contributed by atoms with van der Waals surface area (Å²) in [5, 5.41) is 10.1. The van der Waals surface area contributed by atoms with Crippen LogP contribution in [0.5, 0.6) is 5.75 Å². The Kier molecular flexibility index (Phi) is 4.14. The maximum Gasteiger partial charge on any atom is 0.115 e. The van der Waals surface area contributed by atoms with Crippen LogP contribution >= 0.6 is 12.4 Å². The lowest BCUT2D eigenvalue weighted by Gasteiger charge is -2.61. The second-order valence-corrected chi connectivity index (χ2v) is 9.32. The van der Waals surface area contributed by atoms with Gasteiger partial charge >= 0.3 is 0 Å². The molecule has 2 aliphatic heterocycles. The Balaban J connectivity index is 0.00000157. The van der Waals surface area contributed by atoms with Crippen molar-refractivity contribution in [1.82, 2.24) is 4.90 Å². The van der Waals surface area contributed by atoms with Crippen molar-refractivity contribution in [2.24, 2.45) is 11.8 Å². The molecule has 0 spiro atoms. The van der Waals surface area contributed by atoms with Gasteiger partial charge in [-0.05, 0) is 87.6 Å². The van der Waals surface area contributed by atoms with E-state index < -0.39 is 0 Å². The van der Waals surface area contributed by atoms with E-state index in [4.69, 9.17) is 4.74 Å². The third-order valence-corrected chi connectivity index (χ3v) is 7.17. The first-order chi connectivity index (χ1) is 11.5. The summed E-state index contributed by atoms with van der Waals surface area (Å²) in [5.41, 5.74) is 2.92. The minimum atomic E-state index is -0.0245. The van der Waals surface area contributed by atoms with Crippen molar-refractivity contribution in [3.63, 3.8) is 0 Å². The molecule has 0 unspecified atom stereocenters. The molecule has 4 heteroatoms. The lowest BCUT2D eigenvalue weighted by atomic mass is 9.54. The Bertz CT molecular complexity index is 672. The number of halogens is 1. The third-order valence-electron chi connectivity index (χ3n) is 7.17. The van der Waals surface area contributed by atoms with Crippen molar-refractivity contribution >= 4 is 12.4 Å². The monoisotopic (exact) mass is 363 g/mol. The number of rotatable bonds is 2. The third kappa shape index (κ3) is 2.79. The number of nitrogens with zero attached hydrogens (tertiary/aromatic N) is 1. The molecule has 0 aromatic heterocycles. The van der Waals surface area contributed by atoms with E-state index in [1.54, 1.807) is 0 Å². The number of likely N-dealkylation sites (tertiary alicyclic amines) is 1. The number of phenols is 1. The van der Waals surface area contributed by atoms with E-state index in [0.29, 0.717) is 17.7 Å². The van der Waals surface area contributed by atoms with E-state index in [1.807, 2.05) is 12.1 Å². The Morgan fingerprint density at radius 2 is 2.08 bits per heavy atom. The van der Waals surface area contributed by atoms with Gasteiger partial charge in [0.05, 0.1) is 12.2 Å². The van der Waals surface area contributed by atoms with Crippen LogP contribution in [0.1, 0.15) is 50.7 Å². The summed E-state index contributed by atoms with van der Waals surface area (Å²) in [6.07, 6.45) is 6.31. The van der Waals surface area contributed by atoms with Crippen LogP contribution in [0.4, 0.5) is 0 Å². The average Bonchev–Trinajstić information content (AvgIpc) is 3.34. The highest BCUT2D eigenvalue weighted by Gasteiger charge is 2.57. The van der Waals surface area contributed by atoms with Gasteiger partial charge in [-0.15, -0.1) is 12.4 Å². The predicted molar refractivity (Wildman–Crippen MR) is 102 cm³/mol. The number of ether oxygens (including phenoxy) is 1. The minimum Gasteiger partial charge on any atom is -0.508 e. The van der Waals surface area contributed by atoms with Gasteiger partial charge in [-0.25, -0.2) is 0 Å². The van der Waals surface area contributed by atoms with E-state index in [0.717, 1.165) is 25.4 Å². The molecule has 1 aromatic carbocycles. The number of fused-ring (bicyclic) bond motifs is 1. The first kappa shape index (κ1) is 17.6. The summed E-state index contributed by atoms with van der Waals surface area (Å²) in [4.78, 5) is 2.80. The summed E-state index contributed by atoms with van der Waals surface area (Å²) in [6, 6.07) is 6.72. The van der Waals surface area contributed by atoms with Crippen LogP contribution in [0.3, 0.4) is 0 Å². The van der Waals surface area contributed by atoms with Crippen molar-refractivity contribution in [1.29, 1.82) is 0 Å². The zero-order valence-electron chi connectivity index (χ0n) is 15.3. The van der Waals surface area contributed by atoms with E-state index in [2.05, 4.69) is 24.8 Å². The van der Waals surface area contributed by atoms with Gasteiger partial charge in [0.15, 0.2) is 0 Å². The van der Waals surface area contributed by atoms with Crippen LogP contribution in [0.2, 0.25) is 0 Å². The molecule has 1 aromatic rings. The van der Waals surface area contributed by atoms with E-state index in [1.165, 1.54) is 43.5 Å². The van der Waals surface area contributed by atoms with Gasteiger partial charge in [-0.2, -0.15) is 0 Å². The fourth-order valence-corrected chi connectivity index (χ4v) is 5.71. The SMILES string of the molecule is CC1(C)C[C@H]2[C@H]3Cc4ccc(O)cc4[C@@]2(CCN3CC2CC2)CO1.Cl. The van der Waals surface area contributed by atoms with Crippen LogP contribution in [-0.4, -0.2) is 41.3 Å². The molecule has 1 saturated carbocycles. The fraction of sp³-hybridized carbons (Fsp3) is 0.714. The lowest BCUT2D eigenvalue weighted by Crippen LogP contribution is -2.65. The second-order valence-electron chi connectivity index (χ2n) is 9.32. The van der Waals surface area contributed by atoms with Gasteiger partial charge in [0.1, 0.15) is 5.75 Å². The molecule has 1 N–H and O–H groups in total. The number of hydrogen-bond acceptors (Lipinski definition) is 3. The zero-order valence-corrected chi connectivity index (χ0v) is 16.1. The quantitative estimate of drug-likeness (QED) is 0.864. The molecule has 0 amide bonds. The van der Waals surface area contributed by atoms with Crippen molar-refractivity contribution in [3.8, 4) is 5.75 Å². The standard InChI is InChI=1S/C21H29NO2.ClH/c1-20(2)11-18-19-9-15-5-6-16(23)10-17(15)21(18,13-24-20)7-8-22(19)12-14-3-4-14;/h5-6,10,14,18-19,23H,3-4,7-9,11-13H2,1-2H3;1H/t18-,19+,21+;/m0./s1. The molecule has 5 rings (SSSR count). The molecule has 3 nitrogen and oxygen atoms in total. The van der Waals surface area contributed by atoms with Crippen LogP contribution in [-0.2, 0) is 16.6 Å². The lowest BCUT2D eigenvalue weighted by molar-refractivity contribution is -0.156. The molecule has 3 atom stereocenters. The Morgan fingerprint density at radius 1 is 1.28 bits per heavy atom. The minimum absolute atomic E-state index is 0. The van der Waals surface area contributed by atoms with Crippen LogP contribution in [0.15, 0.2) is 18.2 Å². The molecule has 0 radical (unpaired) electrons. The molecule has 3 fully saturated rings. The number of piperidine rings is 1. The molecular formula is C21H30ClNO2. The normalized spacial score (nSPS) is 36.1. The predicted octanol–water partition coefficient (Wildman–Crippen LogP) is 3.91. The summed E-state index contributed by atoms with van der Waals surface area (Å²) < 4.78 is 6.34. The summed E-state index contributed by atoms with van der Waals surface area (Å²) >= 11 is 0. The zero-order chi connectivity index (χ0) is 16.5. The summed E-state index contributed by atoms with van der Waals surface area (Å²) in [5.74, 6) is 2.01. The average molecular weight is 364 g/mol. The van der Waals surface area contributed by atoms with E-state index in [9.17, 15) is 5.11 Å². The maximum absolute atomic E-state index is 10.1. The van der Waals surface area contributed by atoms with Crippen LogP contribution in [0, 0.1) is 11.8 Å². The molecule has 2 bridgehead atoms. The Hall–Kier alpha value is -0.770. The van der Waals surface area contributed by atoms with Gasteiger partial charge in [-0.1, -0.05) is 6.07 Å². The Labute approximate surface area is 157 Å². The number of phenolic OH excluding ortho intramolecular Hbond substituents is 1. The molecule has 138 valence electrons. The number of aromatic hydroxyl groups is 1. The highest BCUT2D eigenvalue weighted by molar-refractivity contribution is 5.85. The van der Waals surface area contributed by atoms with Crippen molar-refractivity contribution in [2.75, 3.05) is 19.7 Å². The van der Waals surface area contributed by atoms with Gasteiger partial charge in [0.25, 0.3) is 0 Å². The van der Waals surface area contributed by atoms with Gasteiger partial charge in [-0.3, -0.25) is 4.90 Å². The largest absolute Gasteiger partial charge is 0.508 e. The number of benzene rings is 1. The molecule has 2 heterocycles. The summed E-state index contributed by atoms with van der Waals surface area (Å²) in [6.45, 7) is 7.80. The summed E-state index contributed by atoms with van der Waals surface area (Å²) in [7, 11) is 0. The highest BCUT2D eigenvalue weighted by Crippen LogP contribution is 2.55. The topological polar surface area (TPSA) is 32.7 Å². The van der Waals surface area contributed by atoms with Crippen molar-refractivity contribution < 1.29 is 9.84 Å². The Morgan fingerprint density at radius 3 is 2.84 bits per heavy atom. The first-order valence-corrected chi connectivity index (χ1v) is 9.67. The van der Waals surface area contributed by atoms with Gasteiger partial charge in [0.2, 0.25) is 0 Å². The van der Waals surface area contributed by atoms with E-state index >= 15 is 0 Å². The van der Waals surface area contributed by atoms with Gasteiger partial charge in [0, 0.05) is 18.0 Å². The molecule has 2 saturated heterocycles. The smallest absolute Gasteiger partial charge is 0.115 e. The number of hydrogen-bond donors (Lipinski definition) is 1. The van der Waals surface area contributed by atoms with Crippen LogP contribution < -0.4 is 0 Å². The molecule has 4 aliphatic rings. The second kappa shape index (κ2) is 5.87. The molecular weight excluding hydrogens is 334 g/mol. The maximum atomic E-state index is 10.1. The highest BCUT2D eigenvalue weighted by atomic mass is 35.5.